The number of aryl methyl sites for hydroxylation is 2. The Morgan fingerprint density at radius 2 is 2.26 bits per heavy atom. The predicted octanol–water partition coefficient (Wildman–Crippen LogP) is 2.19. The van der Waals surface area contributed by atoms with Crippen molar-refractivity contribution < 1.29 is 9.18 Å². The highest BCUT2D eigenvalue weighted by atomic mass is 19.1. The van der Waals surface area contributed by atoms with Crippen LogP contribution in [-0.2, 0) is 6.54 Å². The molecule has 5 nitrogen and oxygen atoms in total. The van der Waals surface area contributed by atoms with Crippen LogP contribution in [-0.4, -0.2) is 15.7 Å². The summed E-state index contributed by atoms with van der Waals surface area (Å²) in [6.07, 6.45) is 0. The number of halogens is 1. The molecule has 0 aliphatic carbocycles. The van der Waals surface area contributed by atoms with Crippen molar-refractivity contribution in [3.8, 4) is 0 Å². The molecule has 2 aromatic rings. The molecule has 0 radical (unpaired) electrons. The maximum absolute atomic E-state index is 13.6. The van der Waals surface area contributed by atoms with E-state index in [1.165, 1.54) is 18.2 Å². The number of nitrogens with two attached hydrogens (primary N) is 1. The lowest BCUT2D eigenvalue weighted by Gasteiger charge is -2.09. The lowest BCUT2D eigenvalue weighted by atomic mass is 10.2. The van der Waals surface area contributed by atoms with Gasteiger partial charge in [0.1, 0.15) is 17.2 Å². The minimum atomic E-state index is -0.562. The quantitative estimate of drug-likeness (QED) is 0.833. The van der Waals surface area contributed by atoms with Gasteiger partial charge >= 0.3 is 0 Å². The third kappa shape index (κ3) is 2.57. The van der Waals surface area contributed by atoms with Gasteiger partial charge in [-0.1, -0.05) is 6.07 Å². The first kappa shape index (κ1) is 13.1. The third-order valence-electron chi connectivity index (χ3n) is 2.72. The van der Waals surface area contributed by atoms with Crippen LogP contribution >= 0.6 is 0 Å². The predicted molar refractivity (Wildman–Crippen MR) is 71.4 cm³/mol. The molecular formula is C13H15FN4O. The average Bonchev–Trinajstić information content (AvgIpc) is 2.75. The molecule has 1 amide bonds. The number of para-hydroxylation sites is 1. The van der Waals surface area contributed by atoms with Crippen LogP contribution in [0.5, 0.6) is 0 Å². The van der Waals surface area contributed by atoms with Crippen LogP contribution in [0.1, 0.15) is 23.1 Å². The number of hydrogen-bond donors (Lipinski definition) is 2. The molecule has 1 aromatic carbocycles. The second-order valence-electron chi connectivity index (χ2n) is 4.14. The SMILES string of the molecule is CCn1nc(C)cc1C(=O)Nc1c(N)cccc1F. The van der Waals surface area contributed by atoms with E-state index in [9.17, 15) is 9.18 Å². The van der Waals surface area contributed by atoms with Gasteiger partial charge in [-0.15, -0.1) is 0 Å². The highest BCUT2D eigenvalue weighted by Crippen LogP contribution is 2.22. The standard InChI is InChI=1S/C13H15FN4O/c1-3-18-11(7-8(2)17-18)13(19)16-12-9(14)5-4-6-10(12)15/h4-7H,3,15H2,1-2H3,(H,16,19). The van der Waals surface area contributed by atoms with E-state index in [2.05, 4.69) is 10.4 Å². The lowest BCUT2D eigenvalue weighted by Crippen LogP contribution is -2.18. The topological polar surface area (TPSA) is 72.9 Å². The fourth-order valence-corrected chi connectivity index (χ4v) is 1.82. The van der Waals surface area contributed by atoms with Crippen LogP contribution in [0, 0.1) is 12.7 Å². The molecule has 6 heteroatoms. The first-order valence-corrected chi connectivity index (χ1v) is 5.92. The molecule has 0 saturated carbocycles. The number of nitrogens with zero attached hydrogens (tertiary/aromatic N) is 2. The second kappa shape index (κ2) is 5.09. The maximum Gasteiger partial charge on any atom is 0.274 e. The maximum atomic E-state index is 13.6. The normalized spacial score (nSPS) is 10.5. The van der Waals surface area contributed by atoms with Gasteiger partial charge < -0.3 is 11.1 Å². The van der Waals surface area contributed by atoms with Gasteiger partial charge in [0.15, 0.2) is 0 Å². The van der Waals surface area contributed by atoms with Crippen molar-refractivity contribution in [2.45, 2.75) is 20.4 Å². The zero-order valence-corrected chi connectivity index (χ0v) is 10.8. The van der Waals surface area contributed by atoms with Crippen LogP contribution in [0.25, 0.3) is 0 Å². The summed E-state index contributed by atoms with van der Waals surface area (Å²) in [5.41, 5.74) is 6.94. The van der Waals surface area contributed by atoms with E-state index >= 15 is 0 Å². The van der Waals surface area contributed by atoms with Crippen LogP contribution in [0.4, 0.5) is 15.8 Å². The molecule has 2 rings (SSSR count). The number of rotatable bonds is 3. The Hall–Kier alpha value is -2.37. The number of amides is 1. The first-order valence-electron chi connectivity index (χ1n) is 5.92. The summed E-state index contributed by atoms with van der Waals surface area (Å²) in [5, 5.41) is 6.65. The largest absolute Gasteiger partial charge is 0.397 e. The molecule has 0 aliphatic heterocycles. The van der Waals surface area contributed by atoms with E-state index in [0.717, 1.165) is 5.69 Å². The van der Waals surface area contributed by atoms with Gasteiger partial charge in [0, 0.05) is 6.54 Å². The van der Waals surface area contributed by atoms with Crippen molar-refractivity contribution in [1.29, 1.82) is 0 Å². The van der Waals surface area contributed by atoms with Gasteiger partial charge in [0.2, 0.25) is 0 Å². The number of anilines is 2. The number of carbonyl (C=O) groups is 1. The summed E-state index contributed by atoms with van der Waals surface area (Å²) in [7, 11) is 0. The van der Waals surface area contributed by atoms with Crippen molar-refractivity contribution in [3.05, 3.63) is 41.5 Å². The Kier molecular flexibility index (Phi) is 3.50. The highest BCUT2D eigenvalue weighted by molar-refractivity contribution is 6.04. The molecule has 19 heavy (non-hydrogen) atoms. The van der Waals surface area contributed by atoms with Crippen molar-refractivity contribution >= 4 is 17.3 Å². The van der Waals surface area contributed by atoms with Crippen LogP contribution in [0.3, 0.4) is 0 Å². The Balaban J connectivity index is 2.31. The molecule has 0 aliphatic rings. The molecule has 1 aromatic heterocycles. The summed E-state index contributed by atoms with van der Waals surface area (Å²) in [6.45, 7) is 4.23. The van der Waals surface area contributed by atoms with E-state index in [1.54, 1.807) is 17.7 Å². The van der Waals surface area contributed by atoms with Gasteiger partial charge in [-0.2, -0.15) is 5.10 Å². The number of benzene rings is 1. The molecular weight excluding hydrogens is 247 g/mol. The van der Waals surface area contributed by atoms with Gasteiger partial charge in [-0.3, -0.25) is 9.48 Å². The summed E-state index contributed by atoms with van der Waals surface area (Å²) in [6, 6.07) is 5.91. The van der Waals surface area contributed by atoms with E-state index in [1.807, 2.05) is 6.92 Å². The zero-order valence-electron chi connectivity index (χ0n) is 10.8. The Morgan fingerprint density at radius 1 is 1.53 bits per heavy atom. The Bertz CT molecular complexity index is 601. The van der Waals surface area contributed by atoms with E-state index < -0.39 is 11.7 Å². The number of carbonyl (C=O) groups excluding carboxylic acids is 1. The van der Waals surface area contributed by atoms with Gasteiger partial charge in [-0.25, -0.2) is 4.39 Å². The van der Waals surface area contributed by atoms with Crippen LogP contribution in [0.2, 0.25) is 0 Å². The van der Waals surface area contributed by atoms with Gasteiger partial charge in [0.05, 0.1) is 11.4 Å². The van der Waals surface area contributed by atoms with E-state index in [4.69, 9.17) is 5.73 Å². The molecule has 100 valence electrons. The highest BCUT2D eigenvalue weighted by Gasteiger charge is 2.16. The number of hydrogen-bond acceptors (Lipinski definition) is 3. The molecule has 1 heterocycles. The fourth-order valence-electron chi connectivity index (χ4n) is 1.82. The van der Waals surface area contributed by atoms with Crippen molar-refractivity contribution in [1.82, 2.24) is 9.78 Å². The van der Waals surface area contributed by atoms with Crippen LogP contribution in [0.15, 0.2) is 24.3 Å². The Labute approximate surface area is 110 Å². The molecule has 0 saturated heterocycles. The van der Waals surface area contributed by atoms with E-state index in [0.29, 0.717) is 12.2 Å². The lowest BCUT2D eigenvalue weighted by molar-refractivity contribution is 0.101. The molecule has 0 atom stereocenters. The smallest absolute Gasteiger partial charge is 0.274 e. The molecule has 0 spiro atoms. The van der Waals surface area contributed by atoms with Gasteiger partial charge in [-0.05, 0) is 32.0 Å². The summed E-state index contributed by atoms with van der Waals surface area (Å²) in [4.78, 5) is 12.1. The first-order chi connectivity index (χ1) is 9.02. The molecule has 0 fully saturated rings. The fraction of sp³-hybridized carbons (Fsp3) is 0.231. The molecule has 3 N–H and O–H groups in total. The molecule has 0 unspecified atom stereocenters. The Morgan fingerprint density at radius 3 is 2.89 bits per heavy atom. The monoisotopic (exact) mass is 262 g/mol. The minimum Gasteiger partial charge on any atom is -0.397 e. The number of nitrogen functional groups attached to an aromatic ring is 1. The third-order valence-corrected chi connectivity index (χ3v) is 2.72. The van der Waals surface area contributed by atoms with Crippen LogP contribution < -0.4 is 11.1 Å². The number of nitrogens with one attached hydrogen (secondary N) is 1. The number of aromatic nitrogens is 2. The van der Waals surface area contributed by atoms with Crippen molar-refractivity contribution in [3.63, 3.8) is 0 Å². The zero-order chi connectivity index (χ0) is 14.0. The second-order valence-corrected chi connectivity index (χ2v) is 4.14. The van der Waals surface area contributed by atoms with Gasteiger partial charge in [0.25, 0.3) is 5.91 Å². The molecule has 0 bridgehead atoms. The van der Waals surface area contributed by atoms with Crippen molar-refractivity contribution in [2.24, 2.45) is 0 Å². The summed E-state index contributed by atoms with van der Waals surface area (Å²) < 4.78 is 15.2. The summed E-state index contributed by atoms with van der Waals surface area (Å²) >= 11 is 0. The van der Waals surface area contributed by atoms with Crippen molar-refractivity contribution in [2.75, 3.05) is 11.1 Å². The minimum absolute atomic E-state index is 0.00555. The van der Waals surface area contributed by atoms with E-state index in [-0.39, 0.29) is 11.4 Å². The average molecular weight is 262 g/mol. The summed E-state index contributed by atoms with van der Waals surface area (Å²) in [5.74, 6) is -0.994.